The summed E-state index contributed by atoms with van der Waals surface area (Å²) in [5.74, 6) is -0.170. The number of allylic oxidation sites excluding steroid dienone is 2. The third kappa shape index (κ3) is 1.81. The van der Waals surface area contributed by atoms with Gasteiger partial charge in [-0.25, -0.2) is 0 Å². The van der Waals surface area contributed by atoms with Crippen molar-refractivity contribution in [3.63, 3.8) is 0 Å². The Morgan fingerprint density at radius 1 is 1.21 bits per heavy atom. The van der Waals surface area contributed by atoms with Crippen LogP contribution in [0.5, 0.6) is 5.75 Å². The predicted molar refractivity (Wildman–Crippen MR) is 92.3 cm³/mol. The zero-order valence-corrected chi connectivity index (χ0v) is 14.0. The highest BCUT2D eigenvalue weighted by atomic mass is 35.5. The predicted octanol–water partition coefficient (Wildman–Crippen LogP) is 4.40. The summed E-state index contributed by atoms with van der Waals surface area (Å²) in [6, 6.07) is 10.6. The topological polar surface area (TPSA) is 61.1 Å². The van der Waals surface area contributed by atoms with Gasteiger partial charge in [0.25, 0.3) is 0 Å². The number of fused-ring (bicyclic) bond motifs is 3. The number of rotatable bonds is 0. The molecule has 0 heterocycles. The van der Waals surface area contributed by atoms with Gasteiger partial charge in [0.1, 0.15) is 11.8 Å². The van der Waals surface area contributed by atoms with Gasteiger partial charge in [-0.15, -0.1) is 0 Å². The Morgan fingerprint density at radius 3 is 2.67 bits per heavy atom. The van der Waals surface area contributed by atoms with Crippen molar-refractivity contribution in [2.24, 2.45) is 0 Å². The number of benzene rings is 2. The van der Waals surface area contributed by atoms with E-state index in [0.29, 0.717) is 22.6 Å². The average Bonchev–Trinajstić information content (AvgIpc) is 2.92. The molecule has 0 aromatic heterocycles. The standard InChI is InChI=1S/C20H14ClNO2/c1-20(2)15-8-17(23)11(9-22)6-14(15)19(24)18-13-4-3-12(21)5-10(13)7-16(18)20/h3-6,8,23H,7H2,1-2H3. The van der Waals surface area contributed by atoms with Crippen molar-refractivity contribution in [3.05, 3.63) is 68.7 Å². The smallest absolute Gasteiger partial charge is 0.193 e. The second-order valence-corrected chi connectivity index (χ2v) is 7.25. The van der Waals surface area contributed by atoms with E-state index < -0.39 is 5.41 Å². The SMILES string of the molecule is CC1(C)C2=C(C(=O)c3cc(C#N)c(O)cc31)c1ccc(Cl)cc1C2. The van der Waals surface area contributed by atoms with E-state index in [0.717, 1.165) is 22.3 Å². The monoisotopic (exact) mass is 335 g/mol. The van der Waals surface area contributed by atoms with Crippen molar-refractivity contribution in [1.29, 1.82) is 5.26 Å². The molecule has 2 aromatic rings. The summed E-state index contributed by atoms with van der Waals surface area (Å²) in [5.41, 5.74) is 4.70. The summed E-state index contributed by atoms with van der Waals surface area (Å²) in [6.45, 7) is 4.10. The maximum absolute atomic E-state index is 13.1. The number of nitrogens with zero attached hydrogens (tertiary/aromatic N) is 1. The highest BCUT2D eigenvalue weighted by Crippen LogP contribution is 2.50. The van der Waals surface area contributed by atoms with Gasteiger partial charge in [0.2, 0.25) is 0 Å². The molecule has 2 aliphatic carbocycles. The molecule has 3 nitrogen and oxygen atoms in total. The molecule has 0 atom stereocenters. The number of hydrogen-bond acceptors (Lipinski definition) is 3. The lowest BCUT2D eigenvalue weighted by Gasteiger charge is -2.34. The molecule has 1 N–H and O–H groups in total. The van der Waals surface area contributed by atoms with Crippen LogP contribution in [0.3, 0.4) is 0 Å². The Bertz CT molecular complexity index is 1010. The molecule has 0 fully saturated rings. The van der Waals surface area contributed by atoms with Gasteiger partial charge in [-0.3, -0.25) is 4.79 Å². The summed E-state index contributed by atoms with van der Waals surface area (Å²) in [6.07, 6.45) is 0.671. The number of ketones is 1. The summed E-state index contributed by atoms with van der Waals surface area (Å²) >= 11 is 6.11. The van der Waals surface area contributed by atoms with Gasteiger partial charge in [0.15, 0.2) is 5.78 Å². The van der Waals surface area contributed by atoms with Crippen LogP contribution in [0, 0.1) is 11.3 Å². The van der Waals surface area contributed by atoms with E-state index in [4.69, 9.17) is 16.9 Å². The Morgan fingerprint density at radius 2 is 1.96 bits per heavy atom. The van der Waals surface area contributed by atoms with E-state index in [1.165, 1.54) is 6.07 Å². The fourth-order valence-corrected chi connectivity index (χ4v) is 4.06. The maximum atomic E-state index is 13.1. The van der Waals surface area contributed by atoms with Crippen molar-refractivity contribution in [3.8, 4) is 11.8 Å². The summed E-state index contributed by atoms with van der Waals surface area (Å²) in [7, 11) is 0. The van der Waals surface area contributed by atoms with E-state index in [9.17, 15) is 9.90 Å². The lowest BCUT2D eigenvalue weighted by atomic mass is 9.68. The molecule has 0 radical (unpaired) electrons. The third-order valence-electron chi connectivity index (χ3n) is 5.16. The molecule has 0 bridgehead atoms. The highest BCUT2D eigenvalue weighted by Gasteiger charge is 2.43. The molecule has 2 aliphatic rings. The van der Waals surface area contributed by atoms with Crippen LogP contribution in [0.4, 0.5) is 0 Å². The second-order valence-electron chi connectivity index (χ2n) is 6.81. The Kier molecular flexibility index (Phi) is 2.95. The van der Waals surface area contributed by atoms with Crippen molar-refractivity contribution in [1.82, 2.24) is 0 Å². The van der Waals surface area contributed by atoms with Gasteiger partial charge in [-0.05, 0) is 52.9 Å². The first kappa shape index (κ1) is 15.0. The van der Waals surface area contributed by atoms with Crippen LogP contribution in [0.1, 0.15) is 46.5 Å². The number of phenolic OH excluding ortho intramolecular Hbond substituents is 1. The molecule has 24 heavy (non-hydrogen) atoms. The number of Topliss-reactive ketones (excluding diaryl/α,β-unsaturated/α-hetero) is 1. The van der Waals surface area contributed by atoms with E-state index in [-0.39, 0.29) is 17.1 Å². The number of nitriles is 1. The first-order valence-corrected chi connectivity index (χ1v) is 8.07. The maximum Gasteiger partial charge on any atom is 0.193 e. The number of carbonyl (C=O) groups is 1. The van der Waals surface area contributed by atoms with Crippen LogP contribution >= 0.6 is 11.6 Å². The number of carbonyl (C=O) groups excluding carboxylic acids is 1. The van der Waals surface area contributed by atoms with Gasteiger partial charge in [0, 0.05) is 21.6 Å². The number of halogens is 1. The molecule has 0 saturated heterocycles. The van der Waals surface area contributed by atoms with E-state index in [2.05, 4.69) is 0 Å². The Balaban J connectivity index is 2.00. The van der Waals surface area contributed by atoms with Crippen molar-refractivity contribution in [2.75, 3.05) is 0 Å². The van der Waals surface area contributed by atoms with Crippen LogP contribution in [-0.4, -0.2) is 10.9 Å². The van der Waals surface area contributed by atoms with E-state index >= 15 is 0 Å². The quantitative estimate of drug-likeness (QED) is 0.776. The molecule has 4 rings (SSSR count). The van der Waals surface area contributed by atoms with Gasteiger partial charge < -0.3 is 5.11 Å². The summed E-state index contributed by atoms with van der Waals surface area (Å²) < 4.78 is 0. The second kappa shape index (κ2) is 4.72. The highest BCUT2D eigenvalue weighted by molar-refractivity contribution is 6.34. The lowest BCUT2D eigenvalue weighted by molar-refractivity contribution is 0.105. The van der Waals surface area contributed by atoms with E-state index in [1.807, 2.05) is 32.0 Å². The molecule has 2 aromatic carbocycles. The molecular formula is C20H14ClNO2. The van der Waals surface area contributed by atoms with Crippen LogP contribution in [-0.2, 0) is 11.8 Å². The minimum Gasteiger partial charge on any atom is -0.507 e. The van der Waals surface area contributed by atoms with Crippen molar-refractivity contribution >= 4 is 23.0 Å². The third-order valence-corrected chi connectivity index (χ3v) is 5.40. The zero-order valence-electron chi connectivity index (χ0n) is 13.3. The van der Waals surface area contributed by atoms with Gasteiger partial charge in [-0.1, -0.05) is 31.5 Å². The summed E-state index contributed by atoms with van der Waals surface area (Å²) in [4.78, 5) is 13.1. The number of aromatic hydroxyl groups is 1. The largest absolute Gasteiger partial charge is 0.507 e. The fraction of sp³-hybridized carbons (Fsp3) is 0.200. The van der Waals surface area contributed by atoms with Crippen molar-refractivity contribution < 1.29 is 9.90 Å². The van der Waals surface area contributed by atoms with Gasteiger partial charge >= 0.3 is 0 Å². The fourth-order valence-electron chi connectivity index (χ4n) is 3.87. The summed E-state index contributed by atoms with van der Waals surface area (Å²) in [5, 5.41) is 19.9. The molecule has 0 amide bonds. The minimum absolute atomic E-state index is 0.0836. The van der Waals surface area contributed by atoms with Crippen LogP contribution < -0.4 is 0 Å². The van der Waals surface area contributed by atoms with Crippen LogP contribution in [0.25, 0.3) is 5.57 Å². The van der Waals surface area contributed by atoms with Gasteiger partial charge in [0.05, 0.1) is 5.56 Å². The Hall–Kier alpha value is -2.57. The molecule has 118 valence electrons. The van der Waals surface area contributed by atoms with Gasteiger partial charge in [-0.2, -0.15) is 5.26 Å². The van der Waals surface area contributed by atoms with E-state index in [1.54, 1.807) is 12.1 Å². The molecule has 0 saturated carbocycles. The Labute approximate surface area is 144 Å². The first-order chi connectivity index (χ1) is 11.3. The zero-order chi connectivity index (χ0) is 17.2. The molecule has 0 spiro atoms. The minimum atomic E-state index is -0.407. The number of phenols is 1. The molecule has 0 unspecified atom stereocenters. The van der Waals surface area contributed by atoms with Crippen LogP contribution in [0.2, 0.25) is 5.02 Å². The lowest BCUT2D eigenvalue weighted by Crippen LogP contribution is -2.29. The van der Waals surface area contributed by atoms with Crippen molar-refractivity contribution in [2.45, 2.75) is 25.7 Å². The average molecular weight is 336 g/mol. The number of hydrogen-bond donors (Lipinski definition) is 1. The molecule has 0 aliphatic heterocycles. The molecule has 4 heteroatoms. The first-order valence-electron chi connectivity index (χ1n) is 7.69. The van der Waals surface area contributed by atoms with Crippen LogP contribution in [0.15, 0.2) is 35.9 Å². The molecular weight excluding hydrogens is 322 g/mol. The normalized spacial score (nSPS) is 17.2.